The Morgan fingerprint density at radius 2 is 1.86 bits per heavy atom. The zero-order valence-corrected chi connectivity index (χ0v) is 13.1. The SMILES string of the molecule is CCc1cc(COc2c(C)cc(C#N)cc2C)n(CC)n1. The summed E-state index contributed by atoms with van der Waals surface area (Å²) in [5.74, 6) is 0.857. The molecule has 1 aromatic carbocycles. The maximum absolute atomic E-state index is 8.98. The van der Waals surface area contributed by atoms with Crippen molar-refractivity contribution in [2.75, 3.05) is 0 Å². The average molecular weight is 283 g/mol. The molecule has 1 heterocycles. The highest BCUT2D eigenvalue weighted by Gasteiger charge is 2.10. The third kappa shape index (κ3) is 3.25. The highest BCUT2D eigenvalue weighted by Crippen LogP contribution is 2.25. The number of nitriles is 1. The molecule has 0 aliphatic heterocycles. The first-order valence-corrected chi connectivity index (χ1v) is 7.28. The van der Waals surface area contributed by atoms with Gasteiger partial charge in [-0.15, -0.1) is 0 Å². The fourth-order valence-electron chi connectivity index (χ4n) is 2.47. The van der Waals surface area contributed by atoms with Gasteiger partial charge in [0.05, 0.1) is 23.0 Å². The third-order valence-corrected chi connectivity index (χ3v) is 3.53. The van der Waals surface area contributed by atoms with Crippen LogP contribution >= 0.6 is 0 Å². The highest BCUT2D eigenvalue weighted by atomic mass is 16.5. The van der Waals surface area contributed by atoms with Gasteiger partial charge in [0.25, 0.3) is 0 Å². The van der Waals surface area contributed by atoms with Crippen molar-refractivity contribution < 1.29 is 4.74 Å². The molecular weight excluding hydrogens is 262 g/mol. The summed E-state index contributed by atoms with van der Waals surface area (Å²) in [4.78, 5) is 0. The minimum Gasteiger partial charge on any atom is -0.487 e. The molecule has 0 aliphatic rings. The van der Waals surface area contributed by atoms with Gasteiger partial charge in [-0.3, -0.25) is 4.68 Å². The molecule has 0 atom stereocenters. The lowest BCUT2D eigenvalue weighted by molar-refractivity contribution is 0.288. The summed E-state index contributed by atoms with van der Waals surface area (Å²) in [7, 11) is 0. The first-order chi connectivity index (χ1) is 10.1. The van der Waals surface area contributed by atoms with Gasteiger partial charge >= 0.3 is 0 Å². The maximum atomic E-state index is 8.98. The van der Waals surface area contributed by atoms with Gasteiger partial charge in [0.15, 0.2) is 0 Å². The molecule has 0 bridgehead atoms. The van der Waals surface area contributed by atoms with Gasteiger partial charge < -0.3 is 4.74 Å². The van der Waals surface area contributed by atoms with Crippen molar-refractivity contribution in [1.82, 2.24) is 9.78 Å². The number of hydrogen-bond donors (Lipinski definition) is 0. The molecule has 0 amide bonds. The van der Waals surface area contributed by atoms with Crippen LogP contribution in [0.25, 0.3) is 0 Å². The maximum Gasteiger partial charge on any atom is 0.130 e. The number of benzene rings is 1. The summed E-state index contributed by atoms with van der Waals surface area (Å²) in [6.07, 6.45) is 0.926. The van der Waals surface area contributed by atoms with Crippen LogP contribution in [-0.2, 0) is 19.6 Å². The van der Waals surface area contributed by atoms with Crippen LogP contribution in [0.4, 0.5) is 0 Å². The molecule has 21 heavy (non-hydrogen) atoms. The second-order valence-corrected chi connectivity index (χ2v) is 5.14. The van der Waals surface area contributed by atoms with Crippen molar-refractivity contribution >= 4 is 0 Å². The van der Waals surface area contributed by atoms with E-state index in [1.54, 1.807) is 0 Å². The van der Waals surface area contributed by atoms with Gasteiger partial charge in [0, 0.05) is 6.54 Å². The van der Waals surface area contributed by atoms with Crippen LogP contribution < -0.4 is 4.74 Å². The predicted molar refractivity (Wildman–Crippen MR) is 82.2 cm³/mol. The van der Waals surface area contributed by atoms with Gasteiger partial charge in [-0.2, -0.15) is 10.4 Å². The van der Waals surface area contributed by atoms with E-state index < -0.39 is 0 Å². The molecule has 110 valence electrons. The van der Waals surface area contributed by atoms with E-state index in [4.69, 9.17) is 10.00 Å². The summed E-state index contributed by atoms with van der Waals surface area (Å²) < 4.78 is 7.96. The summed E-state index contributed by atoms with van der Waals surface area (Å²) >= 11 is 0. The van der Waals surface area contributed by atoms with Gasteiger partial charge in [-0.05, 0) is 56.5 Å². The van der Waals surface area contributed by atoms with Crippen molar-refractivity contribution in [1.29, 1.82) is 5.26 Å². The smallest absolute Gasteiger partial charge is 0.130 e. The Morgan fingerprint density at radius 3 is 2.38 bits per heavy atom. The first kappa shape index (κ1) is 15.1. The molecule has 0 radical (unpaired) electrons. The normalized spacial score (nSPS) is 10.4. The molecule has 0 spiro atoms. The standard InChI is InChI=1S/C17H21N3O/c1-5-15-9-16(20(6-2)19-15)11-21-17-12(3)7-14(10-18)8-13(17)4/h7-9H,5-6,11H2,1-4H3. The lowest BCUT2D eigenvalue weighted by atomic mass is 10.1. The van der Waals surface area contributed by atoms with Gasteiger partial charge in [0.1, 0.15) is 12.4 Å². The molecule has 1 aromatic heterocycles. The Bertz CT molecular complexity index is 657. The number of aromatic nitrogens is 2. The Morgan fingerprint density at radius 1 is 1.19 bits per heavy atom. The van der Waals surface area contributed by atoms with Crippen molar-refractivity contribution in [2.24, 2.45) is 0 Å². The fraction of sp³-hybridized carbons (Fsp3) is 0.412. The Hall–Kier alpha value is -2.28. The summed E-state index contributed by atoms with van der Waals surface area (Å²) in [6.45, 7) is 9.45. The van der Waals surface area contributed by atoms with E-state index in [1.807, 2.05) is 30.7 Å². The molecule has 0 N–H and O–H groups in total. The van der Waals surface area contributed by atoms with Gasteiger partial charge in [0.2, 0.25) is 0 Å². The Labute approximate surface area is 126 Å². The summed E-state index contributed by atoms with van der Waals surface area (Å²) in [6, 6.07) is 7.98. The molecule has 4 nitrogen and oxygen atoms in total. The van der Waals surface area contributed by atoms with E-state index in [2.05, 4.69) is 31.1 Å². The highest BCUT2D eigenvalue weighted by molar-refractivity contribution is 5.47. The zero-order chi connectivity index (χ0) is 15.4. The largest absolute Gasteiger partial charge is 0.487 e. The molecule has 0 saturated heterocycles. The van der Waals surface area contributed by atoms with Crippen molar-refractivity contribution in [3.8, 4) is 11.8 Å². The average Bonchev–Trinajstić information content (AvgIpc) is 2.88. The van der Waals surface area contributed by atoms with Crippen LogP contribution in [0, 0.1) is 25.2 Å². The number of hydrogen-bond acceptors (Lipinski definition) is 3. The molecule has 0 unspecified atom stereocenters. The van der Waals surface area contributed by atoms with Gasteiger partial charge in [-0.25, -0.2) is 0 Å². The van der Waals surface area contributed by atoms with E-state index in [0.29, 0.717) is 12.2 Å². The van der Waals surface area contributed by atoms with E-state index in [0.717, 1.165) is 41.2 Å². The van der Waals surface area contributed by atoms with Crippen LogP contribution in [0.15, 0.2) is 18.2 Å². The minimum atomic E-state index is 0.494. The monoisotopic (exact) mass is 283 g/mol. The Balaban J connectivity index is 2.21. The van der Waals surface area contributed by atoms with Crippen LogP contribution in [0.3, 0.4) is 0 Å². The Kier molecular flexibility index (Phi) is 4.64. The van der Waals surface area contributed by atoms with Crippen molar-refractivity contribution in [3.05, 3.63) is 46.3 Å². The quantitative estimate of drug-likeness (QED) is 0.843. The predicted octanol–water partition coefficient (Wildman–Crippen LogP) is 3.53. The van der Waals surface area contributed by atoms with Crippen LogP contribution in [0.5, 0.6) is 5.75 Å². The van der Waals surface area contributed by atoms with Crippen molar-refractivity contribution in [2.45, 2.75) is 47.3 Å². The molecule has 0 aliphatic carbocycles. The number of nitrogens with zero attached hydrogens (tertiary/aromatic N) is 3. The van der Waals surface area contributed by atoms with E-state index in [1.165, 1.54) is 0 Å². The second-order valence-electron chi connectivity index (χ2n) is 5.14. The molecule has 0 saturated carbocycles. The topological polar surface area (TPSA) is 50.8 Å². The number of ether oxygens (including phenoxy) is 1. The van der Waals surface area contributed by atoms with E-state index in [-0.39, 0.29) is 0 Å². The lowest BCUT2D eigenvalue weighted by Crippen LogP contribution is -2.07. The number of aryl methyl sites for hydroxylation is 4. The fourth-order valence-corrected chi connectivity index (χ4v) is 2.47. The first-order valence-electron chi connectivity index (χ1n) is 7.28. The van der Waals surface area contributed by atoms with E-state index in [9.17, 15) is 0 Å². The molecule has 0 fully saturated rings. The molecule has 4 heteroatoms. The molecule has 2 aromatic rings. The van der Waals surface area contributed by atoms with Gasteiger partial charge in [-0.1, -0.05) is 6.92 Å². The zero-order valence-electron chi connectivity index (χ0n) is 13.1. The molecular formula is C17H21N3O. The third-order valence-electron chi connectivity index (χ3n) is 3.53. The summed E-state index contributed by atoms with van der Waals surface area (Å²) in [5.41, 5.74) is 4.82. The van der Waals surface area contributed by atoms with Crippen LogP contribution in [0.1, 0.15) is 41.9 Å². The van der Waals surface area contributed by atoms with Crippen LogP contribution in [-0.4, -0.2) is 9.78 Å². The summed E-state index contributed by atoms with van der Waals surface area (Å²) in [5, 5.41) is 13.5. The lowest BCUT2D eigenvalue weighted by Gasteiger charge is -2.13. The second kappa shape index (κ2) is 6.45. The molecule has 2 rings (SSSR count). The van der Waals surface area contributed by atoms with E-state index >= 15 is 0 Å². The number of rotatable bonds is 5. The van der Waals surface area contributed by atoms with Crippen molar-refractivity contribution in [3.63, 3.8) is 0 Å². The minimum absolute atomic E-state index is 0.494. The van der Waals surface area contributed by atoms with Crippen LogP contribution in [0.2, 0.25) is 0 Å².